The average molecular weight is 373 g/mol. The molecule has 3 nitrogen and oxygen atoms in total. The standard InChI is InChI=1S/C16H21BrN2O.ClH/c1-19(2)11-9-18-10-12-20-15-8-7-13-5-3-4-6-14(13)16(15)17;/h3-8,18H,9-12H2,1-2H3;1H/p-1. The van der Waals surface area contributed by atoms with Gasteiger partial charge in [-0.1, -0.05) is 30.3 Å². The summed E-state index contributed by atoms with van der Waals surface area (Å²) in [7, 11) is 4.15. The predicted octanol–water partition coefficient (Wildman–Crippen LogP) is 0.136. The van der Waals surface area contributed by atoms with E-state index >= 15 is 0 Å². The summed E-state index contributed by atoms with van der Waals surface area (Å²) in [6.07, 6.45) is 0. The lowest BCUT2D eigenvalue weighted by Crippen LogP contribution is -3.00. The summed E-state index contributed by atoms with van der Waals surface area (Å²) in [5, 5.41) is 5.77. The number of hydrogen-bond acceptors (Lipinski definition) is 3. The number of hydrogen-bond donors (Lipinski definition) is 1. The Morgan fingerprint density at radius 1 is 1.10 bits per heavy atom. The highest BCUT2D eigenvalue weighted by Crippen LogP contribution is 2.32. The van der Waals surface area contributed by atoms with Crippen molar-refractivity contribution in [2.45, 2.75) is 0 Å². The van der Waals surface area contributed by atoms with E-state index in [1.165, 1.54) is 10.8 Å². The summed E-state index contributed by atoms with van der Waals surface area (Å²) in [6, 6.07) is 12.4. The third kappa shape index (κ3) is 5.47. The number of rotatable bonds is 7. The number of ether oxygens (including phenoxy) is 1. The second kappa shape index (κ2) is 9.26. The molecular weight excluding hydrogens is 352 g/mol. The average Bonchev–Trinajstić information content (AvgIpc) is 2.45. The molecule has 0 bridgehead atoms. The smallest absolute Gasteiger partial charge is 0.134 e. The van der Waals surface area contributed by atoms with Crippen LogP contribution in [0.3, 0.4) is 0 Å². The molecule has 0 aliphatic heterocycles. The van der Waals surface area contributed by atoms with Crippen LogP contribution in [-0.4, -0.2) is 45.2 Å². The highest BCUT2D eigenvalue weighted by molar-refractivity contribution is 9.10. The van der Waals surface area contributed by atoms with Crippen molar-refractivity contribution in [2.24, 2.45) is 0 Å². The molecule has 0 amide bonds. The van der Waals surface area contributed by atoms with Gasteiger partial charge in [0.1, 0.15) is 12.4 Å². The van der Waals surface area contributed by atoms with Crippen molar-refractivity contribution in [3.05, 3.63) is 40.9 Å². The normalized spacial score (nSPS) is 10.7. The predicted molar refractivity (Wildman–Crippen MR) is 88.6 cm³/mol. The Kier molecular flexibility index (Phi) is 8.04. The molecule has 21 heavy (non-hydrogen) atoms. The molecular formula is C16H21BrClN2O-. The fraction of sp³-hybridized carbons (Fsp3) is 0.375. The molecule has 0 aliphatic carbocycles. The zero-order valence-corrected chi connectivity index (χ0v) is 14.7. The van der Waals surface area contributed by atoms with Gasteiger partial charge in [0.15, 0.2) is 0 Å². The molecule has 0 spiro atoms. The fourth-order valence-corrected chi connectivity index (χ4v) is 2.59. The third-order valence-corrected chi connectivity index (χ3v) is 3.92. The maximum atomic E-state index is 5.83. The van der Waals surface area contributed by atoms with Crippen LogP contribution in [0.5, 0.6) is 5.75 Å². The van der Waals surface area contributed by atoms with Crippen molar-refractivity contribution in [3.63, 3.8) is 0 Å². The van der Waals surface area contributed by atoms with E-state index in [0.717, 1.165) is 29.9 Å². The third-order valence-electron chi connectivity index (χ3n) is 3.10. The molecule has 116 valence electrons. The van der Waals surface area contributed by atoms with Crippen LogP contribution in [0, 0.1) is 0 Å². The second-order valence-electron chi connectivity index (χ2n) is 5.00. The Hall–Kier alpha value is -0.810. The van der Waals surface area contributed by atoms with Crippen LogP contribution in [0.1, 0.15) is 0 Å². The summed E-state index contributed by atoms with van der Waals surface area (Å²) in [5.74, 6) is 0.901. The lowest BCUT2D eigenvalue weighted by atomic mass is 10.1. The van der Waals surface area contributed by atoms with Crippen molar-refractivity contribution in [1.29, 1.82) is 0 Å². The number of likely N-dealkylation sites (N-methyl/N-ethyl adjacent to an activating group) is 1. The molecule has 0 radical (unpaired) electrons. The molecule has 0 heterocycles. The number of benzene rings is 2. The zero-order chi connectivity index (χ0) is 14.4. The van der Waals surface area contributed by atoms with E-state index < -0.39 is 0 Å². The minimum atomic E-state index is 0. The van der Waals surface area contributed by atoms with Gasteiger partial charge in [-0.25, -0.2) is 0 Å². The molecule has 1 N–H and O–H groups in total. The second-order valence-corrected chi connectivity index (χ2v) is 5.79. The summed E-state index contributed by atoms with van der Waals surface area (Å²) in [4.78, 5) is 2.16. The monoisotopic (exact) mass is 371 g/mol. The van der Waals surface area contributed by atoms with Crippen LogP contribution in [0.25, 0.3) is 10.8 Å². The van der Waals surface area contributed by atoms with E-state index in [2.05, 4.69) is 58.4 Å². The maximum Gasteiger partial charge on any atom is 0.134 e. The van der Waals surface area contributed by atoms with Gasteiger partial charge in [-0.2, -0.15) is 0 Å². The van der Waals surface area contributed by atoms with E-state index in [1.54, 1.807) is 0 Å². The van der Waals surface area contributed by atoms with Gasteiger partial charge in [0.25, 0.3) is 0 Å². The molecule has 5 heteroatoms. The first-order valence-corrected chi connectivity index (χ1v) is 7.63. The highest BCUT2D eigenvalue weighted by atomic mass is 79.9. The topological polar surface area (TPSA) is 24.5 Å². The minimum Gasteiger partial charge on any atom is -1.00 e. The van der Waals surface area contributed by atoms with Gasteiger partial charge in [0.2, 0.25) is 0 Å². The fourth-order valence-electron chi connectivity index (χ4n) is 1.99. The van der Waals surface area contributed by atoms with Gasteiger partial charge in [0, 0.05) is 19.6 Å². The van der Waals surface area contributed by atoms with Crippen LogP contribution in [0.2, 0.25) is 0 Å². The Balaban J connectivity index is 0.00000220. The highest BCUT2D eigenvalue weighted by Gasteiger charge is 2.05. The van der Waals surface area contributed by atoms with Gasteiger partial charge < -0.3 is 27.4 Å². The summed E-state index contributed by atoms with van der Waals surface area (Å²) >= 11 is 3.63. The van der Waals surface area contributed by atoms with Crippen LogP contribution < -0.4 is 22.5 Å². The van der Waals surface area contributed by atoms with E-state index in [0.29, 0.717) is 6.61 Å². The molecule has 0 unspecified atom stereocenters. The van der Waals surface area contributed by atoms with Crippen LogP contribution in [0.15, 0.2) is 40.9 Å². The van der Waals surface area contributed by atoms with E-state index in [-0.39, 0.29) is 12.4 Å². The van der Waals surface area contributed by atoms with Crippen LogP contribution >= 0.6 is 15.9 Å². The van der Waals surface area contributed by atoms with E-state index in [9.17, 15) is 0 Å². The van der Waals surface area contributed by atoms with Crippen molar-refractivity contribution >= 4 is 26.7 Å². The van der Waals surface area contributed by atoms with Gasteiger partial charge in [-0.3, -0.25) is 0 Å². The van der Waals surface area contributed by atoms with Crippen molar-refractivity contribution in [2.75, 3.05) is 40.3 Å². The van der Waals surface area contributed by atoms with Crippen LogP contribution in [-0.2, 0) is 0 Å². The lowest BCUT2D eigenvalue weighted by molar-refractivity contribution is -0.00000449. The molecule has 2 rings (SSSR count). The number of nitrogens with one attached hydrogen (secondary N) is 1. The van der Waals surface area contributed by atoms with E-state index in [1.807, 2.05) is 18.2 Å². The lowest BCUT2D eigenvalue weighted by Gasteiger charge is -2.12. The first-order valence-electron chi connectivity index (χ1n) is 6.84. The van der Waals surface area contributed by atoms with Crippen LogP contribution in [0.4, 0.5) is 0 Å². The number of halogens is 2. The SMILES string of the molecule is CN(C)CCNCCOc1ccc2ccccc2c1Br.[Cl-]. The van der Waals surface area contributed by atoms with Crippen molar-refractivity contribution in [1.82, 2.24) is 10.2 Å². The Labute approximate surface area is 141 Å². The Morgan fingerprint density at radius 2 is 1.86 bits per heavy atom. The minimum absolute atomic E-state index is 0. The Bertz CT molecular complexity index is 563. The number of fused-ring (bicyclic) bond motifs is 1. The van der Waals surface area contributed by atoms with Gasteiger partial charge in [-0.15, -0.1) is 0 Å². The molecule has 0 aliphatic rings. The maximum absolute atomic E-state index is 5.83. The van der Waals surface area contributed by atoms with Gasteiger partial charge >= 0.3 is 0 Å². The molecule has 2 aromatic rings. The molecule has 0 saturated heterocycles. The summed E-state index contributed by atoms with van der Waals surface area (Å²) in [5.41, 5.74) is 0. The van der Waals surface area contributed by atoms with Crippen molar-refractivity contribution in [3.8, 4) is 5.75 Å². The first kappa shape index (κ1) is 18.2. The van der Waals surface area contributed by atoms with Gasteiger partial charge in [0.05, 0.1) is 4.47 Å². The summed E-state index contributed by atoms with van der Waals surface area (Å²) < 4.78 is 6.86. The largest absolute Gasteiger partial charge is 1.00 e. The molecule has 0 fully saturated rings. The van der Waals surface area contributed by atoms with E-state index in [4.69, 9.17) is 4.74 Å². The summed E-state index contributed by atoms with van der Waals surface area (Å²) in [6.45, 7) is 3.55. The number of nitrogens with zero attached hydrogens (tertiary/aromatic N) is 1. The van der Waals surface area contributed by atoms with Crippen molar-refractivity contribution < 1.29 is 17.1 Å². The quantitative estimate of drug-likeness (QED) is 0.700. The molecule has 0 saturated carbocycles. The zero-order valence-electron chi connectivity index (χ0n) is 12.4. The van der Waals surface area contributed by atoms with Gasteiger partial charge in [-0.05, 0) is 46.9 Å². The molecule has 2 aromatic carbocycles. The molecule has 0 aromatic heterocycles. The first-order chi connectivity index (χ1) is 9.68. The Morgan fingerprint density at radius 3 is 2.62 bits per heavy atom. The molecule has 0 atom stereocenters.